The molecule has 37 heavy (non-hydrogen) atoms. The Labute approximate surface area is 225 Å². The molecule has 8 nitrogen and oxygen atoms in total. The first-order valence-electron chi connectivity index (χ1n) is 11.6. The number of benzene rings is 2. The number of fused-ring (bicyclic) bond motifs is 1. The van der Waals surface area contributed by atoms with Crippen LogP contribution in [-0.4, -0.2) is 45.4 Å². The number of nitrogens with zero attached hydrogens (tertiary/aromatic N) is 3. The zero-order chi connectivity index (χ0) is 25.8. The molecule has 0 spiro atoms. The molecule has 0 unspecified atom stereocenters. The quantitative estimate of drug-likeness (QED) is 0.394. The molecule has 0 fully saturated rings. The maximum absolute atomic E-state index is 14.1. The van der Waals surface area contributed by atoms with Gasteiger partial charge in [0.15, 0.2) is 0 Å². The van der Waals surface area contributed by atoms with Gasteiger partial charge in [0.1, 0.15) is 29.0 Å². The molecule has 1 aliphatic heterocycles. The summed E-state index contributed by atoms with van der Waals surface area (Å²) in [6.07, 6.45) is 0.684. The minimum atomic E-state index is -0.972. The number of nitrogens with two attached hydrogens (primary N) is 1. The van der Waals surface area contributed by atoms with Gasteiger partial charge in [0.25, 0.3) is 0 Å². The Morgan fingerprint density at radius 1 is 1.19 bits per heavy atom. The van der Waals surface area contributed by atoms with Gasteiger partial charge in [-0.3, -0.25) is 9.59 Å². The van der Waals surface area contributed by atoms with E-state index in [9.17, 15) is 18.4 Å². The maximum Gasteiger partial charge on any atom is 0.240 e. The van der Waals surface area contributed by atoms with Gasteiger partial charge in [-0.1, -0.05) is 30.7 Å². The Kier molecular flexibility index (Phi) is 9.52. The first-order chi connectivity index (χ1) is 17.3. The van der Waals surface area contributed by atoms with E-state index >= 15 is 0 Å². The van der Waals surface area contributed by atoms with Crippen LogP contribution in [0.4, 0.5) is 20.3 Å². The van der Waals surface area contributed by atoms with Crippen molar-refractivity contribution >= 4 is 48.4 Å². The lowest BCUT2D eigenvalue weighted by atomic mass is 10.1. The summed E-state index contributed by atoms with van der Waals surface area (Å²) >= 11 is 5.82. The van der Waals surface area contributed by atoms with Crippen LogP contribution in [0.15, 0.2) is 42.5 Å². The van der Waals surface area contributed by atoms with E-state index in [2.05, 4.69) is 10.6 Å². The number of halogens is 3. The highest BCUT2D eigenvalue weighted by molar-refractivity contribution is 7.59. The smallest absolute Gasteiger partial charge is 0.240 e. The molecule has 0 radical (unpaired) electrons. The Bertz CT molecular complexity index is 1290. The number of rotatable bonds is 8. The number of carbonyl (C=O) groups excluding carboxylic acids is 2. The van der Waals surface area contributed by atoms with Gasteiger partial charge < -0.3 is 25.8 Å². The van der Waals surface area contributed by atoms with Gasteiger partial charge in [-0.05, 0) is 36.8 Å². The van der Waals surface area contributed by atoms with Crippen LogP contribution in [0.5, 0.6) is 0 Å². The van der Waals surface area contributed by atoms with Crippen molar-refractivity contribution in [1.29, 1.82) is 0 Å². The van der Waals surface area contributed by atoms with E-state index in [1.54, 1.807) is 23.1 Å². The second kappa shape index (κ2) is 12.4. The highest BCUT2D eigenvalue weighted by Crippen LogP contribution is 2.34. The van der Waals surface area contributed by atoms with Gasteiger partial charge in [-0.2, -0.15) is 13.5 Å². The molecule has 0 saturated carbocycles. The zero-order valence-corrected chi connectivity index (χ0v) is 22.0. The molecule has 12 heteroatoms. The Morgan fingerprint density at radius 3 is 2.68 bits per heavy atom. The first kappa shape index (κ1) is 28.4. The van der Waals surface area contributed by atoms with Crippen LogP contribution < -0.4 is 16.4 Å². The summed E-state index contributed by atoms with van der Waals surface area (Å²) in [5, 5.41) is 5.89. The lowest BCUT2D eigenvalue weighted by Crippen LogP contribution is -2.48. The molecule has 4 rings (SSSR count). The molecule has 0 aliphatic carbocycles. The predicted molar refractivity (Wildman–Crippen MR) is 144 cm³/mol. The fourth-order valence-corrected chi connectivity index (χ4v) is 4.17. The van der Waals surface area contributed by atoms with Crippen molar-refractivity contribution in [2.45, 2.75) is 38.9 Å². The second-order valence-electron chi connectivity index (χ2n) is 8.56. The number of hydrogen-bond donors (Lipinski definition) is 3. The molecule has 3 aromatic rings. The van der Waals surface area contributed by atoms with Crippen molar-refractivity contribution in [3.05, 3.63) is 64.9 Å². The number of aromatic nitrogens is 2. The lowest BCUT2D eigenvalue weighted by Gasteiger charge is -2.30. The van der Waals surface area contributed by atoms with Gasteiger partial charge in [-0.15, -0.1) is 0 Å². The van der Waals surface area contributed by atoms with Crippen molar-refractivity contribution in [3.8, 4) is 11.3 Å². The van der Waals surface area contributed by atoms with Crippen molar-refractivity contribution in [3.63, 3.8) is 0 Å². The largest absolute Gasteiger partial charge is 0.356 e. The predicted octanol–water partition coefficient (Wildman–Crippen LogP) is 3.92. The maximum atomic E-state index is 14.1. The monoisotopic (exact) mass is 550 g/mol. The summed E-state index contributed by atoms with van der Waals surface area (Å²) in [7, 11) is 0. The van der Waals surface area contributed by atoms with E-state index < -0.39 is 17.7 Å². The Morgan fingerprint density at radius 2 is 1.97 bits per heavy atom. The molecule has 2 amide bonds. The Balaban J connectivity index is 0.00000380. The highest BCUT2D eigenvalue weighted by atomic mass is 35.5. The van der Waals surface area contributed by atoms with Crippen molar-refractivity contribution < 1.29 is 18.4 Å². The van der Waals surface area contributed by atoms with Crippen LogP contribution in [-0.2, 0) is 22.7 Å². The van der Waals surface area contributed by atoms with Crippen molar-refractivity contribution in [2.24, 2.45) is 5.73 Å². The molecule has 2 heterocycles. The summed E-state index contributed by atoms with van der Waals surface area (Å²) in [5.41, 5.74) is 7.45. The topological polar surface area (TPSA) is 105 Å². The van der Waals surface area contributed by atoms with Gasteiger partial charge >= 0.3 is 0 Å². The summed E-state index contributed by atoms with van der Waals surface area (Å²) in [6, 6.07) is 9.34. The van der Waals surface area contributed by atoms with E-state index in [1.807, 2.05) is 11.5 Å². The van der Waals surface area contributed by atoms with Crippen LogP contribution in [0.3, 0.4) is 0 Å². The summed E-state index contributed by atoms with van der Waals surface area (Å²) in [5.74, 6) is -0.544. The Hall–Kier alpha value is -3.15. The van der Waals surface area contributed by atoms with E-state index in [0.717, 1.165) is 6.42 Å². The van der Waals surface area contributed by atoms with E-state index in [0.29, 0.717) is 48.2 Å². The van der Waals surface area contributed by atoms with E-state index in [4.69, 9.17) is 22.3 Å². The number of anilines is 2. The standard InChI is InChI=1S/C25H27ClF2N6O2.H2S/c1-2-8-30-22(35)13-20(29)25(36)33-9-10-34-21(14-33)32-23(15-4-3-5-16(27)11-15)24(34)31-17-6-7-18(26)19(28)12-17;/h3-7,11-12,20,31H,2,8-10,13-14,29H2,1H3,(H,30,35);1H2/t20-;/m0./s1. The SMILES string of the molecule is CCCNC(=O)C[C@H](N)C(=O)N1CCn2c(nc(-c3cccc(F)c3)c2Nc2ccc(Cl)c(F)c2)C1.S. The third kappa shape index (κ3) is 6.60. The third-order valence-corrected chi connectivity index (χ3v) is 6.17. The fraction of sp³-hybridized carbons (Fsp3) is 0.320. The summed E-state index contributed by atoms with van der Waals surface area (Å²) in [4.78, 5) is 31.2. The molecular weight excluding hydrogens is 522 g/mol. The molecule has 2 aromatic carbocycles. The minimum Gasteiger partial charge on any atom is -0.356 e. The number of amides is 2. The first-order valence-corrected chi connectivity index (χ1v) is 12.0. The minimum absolute atomic E-state index is 0. The zero-order valence-electron chi connectivity index (χ0n) is 20.2. The average Bonchev–Trinajstić information content (AvgIpc) is 3.22. The molecule has 1 aliphatic rings. The molecule has 1 atom stereocenters. The second-order valence-corrected chi connectivity index (χ2v) is 8.97. The molecule has 1 aromatic heterocycles. The normalized spacial score (nSPS) is 13.4. The number of imidazole rings is 1. The summed E-state index contributed by atoms with van der Waals surface area (Å²) in [6.45, 7) is 3.32. The fourth-order valence-electron chi connectivity index (χ4n) is 4.05. The molecule has 0 bridgehead atoms. The van der Waals surface area contributed by atoms with E-state index in [-0.39, 0.29) is 43.3 Å². The van der Waals surface area contributed by atoms with Crippen LogP contribution in [0.1, 0.15) is 25.6 Å². The molecule has 0 saturated heterocycles. The lowest BCUT2D eigenvalue weighted by molar-refractivity contribution is -0.136. The van der Waals surface area contributed by atoms with Crippen LogP contribution in [0.2, 0.25) is 5.02 Å². The summed E-state index contributed by atoms with van der Waals surface area (Å²) < 4.78 is 30.0. The van der Waals surface area contributed by atoms with Crippen molar-refractivity contribution in [2.75, 3.05) is 18.4 Å². The van der Waals surface area contributed by atoms with Crippen molar-refractivity contribution in [1.82, 2.24) is 19.8 Å². The molecular formula is C25H29ClF2N6O2S. The van der Waals surface area contributed by atoms with Gasteiger partial charge in [0.2, 0.25) is 11.8 Å². The van der Waals surface area contributed by atoms with Gasteiger partial charge in [0.05, 0.1) is 24.0 Å². The highest BCUT2D eigenvalue weighted by Gasteiger charge is 2.30. The average molecular weight is 551 g/mol. The number of nitrogens with one attached hydrogen (secondary N) is 2. The van der Waals surface area contributed by atoms with Crippen LogP contribution in [0, 0.1) is 11.6 Å². The van der Waals surface area contributed by atoms with Gasteiger partial charge in [-0.25, -0.2) is 13.8 Å². The molecule has 198 valence electrons. The van der Waals surface area contributed by atoms with Gasteiger partial charge in [0, 0.05) is 30.9 Å². The third-order valence-electron chi connectivity index (χ3n) is 5.86. The molecule has 4 N–H and O–H groups in total. The van der Waals surface area contributed by atoms with Crippen LogP contribution >= 0.6 is 25.1 Å². The number of carbonyl (C=O) groups is 2. The van der Waals surface area contributed by atoms with Crippen LogP contribution in [0.25, 0.3) is 11.3 Å². The number of hydrogen-bond acceptors (Lipinski definition) is 5. The van der Waals surface area contributed by atoms with E-state index in [1.165, 1.54) is 24.3 Å².